The van der Waals surface area contributed by atoms with Crippen LogP contribution in [0.2, 0.25) is 0 Å². The van der Waals surface area contributed by atoms with Gasteiger partial charge < -0.3 is 15.8 Å². The first-order chi connectivity index (χ1) is 9.10. The highest BCUT2D eigenvalue weighted by atomic mass is 32.2. The molecule has 1 unspecified atom stereocenters. The summed E-state index contributed by atoms with van der Waals surface area (Å²) in [7, 11) is 0. The number of para-hydroxylation sites is 1. The molecule has 0 heterocycles. The van der Waals surface area contributed by atoms with E-state index >= 15 is 0 Å². The highest BCUT2D eigenvalue weighted by molar-refractivity contribution is 7.99. The van der Waals surface area contributed by atoms with Crippen molar-refractivity contribution in [1.29, 1.82) is 0 Å². The van der Waals surface area contributed by atoms with E-state index in [0.29, 0.717) is 5.69 Å². The molecule has 0 saturated carbocycles. The molecule has 3 N–H and O–H groups in total. The van der Waals surface area contributed by atoms with Gasteiger partial charge in [0, 0.05) is 4.90 Å². The number of anilines is 1. The summed E-state index contributed by atoms with van der Waals surface area (Å²) in [5.41, 5.74) is 6.18. The quantitative estimate of drug-likeness (QED) is 0.471. The number of ether oxygens (including phenoxy) is 1. The Hall–Kier alpha value is -1.53. The molecular weight excluding hydrogens is 264 g/mol. The summed E-state index contributed by atoms with van der Waals surface area (Å²) in [6.07, 6.45) is 0. The molecule has 1 aromatic carbocycles. The number of carbonyl (C=O) groups excluding carboxylic acids is 2. The van der Waals surface area contributed by atoms with Crippen LogP contribution < -0.4 is 11.1 Å². The summed E-state index contributed by atoms with van der Waals surface area (Å²) < 4.78 is 4.71. The predicted molar refractivity (Wildman–Crippen MR) is 76.1 cm³/mol. The van der Waals surface area contributed by atoms with Crippen molar-refractivity contribution in [3.05, 3.63) is 24.3 Å². The number of esters is 1. The third-order valence-electron chi connectivity index (χ3n) is 2.27. The first-order valence-corrected chi connectivity index (χ1v) is 7.03. The van der Waals surface area contributed by atoms with Gasteiger partial charge in [-0.2, -0.15) is 0 Å². The van der Waals surface area contributed by atoms with Crippen LogP contribution in [0.3, 0.4) is 0 Å². The molecule has 1 aromatic rings. The smallest absolute Gasteiger partial charge is 0.332 e. The van der Waals surface area contributed by atoms with Crippen molar-refractivity contribution < 1.29 is 14.3 Å². The lowest BCUT2D eigenvalue weighted by molar-refractivity contribution is -0.146. The summed E-state index contributed by atoms with van der Waals surface area (Å²) in [4.78, 5) is 24.2. The molecule has 6 heteroatoms. The van der Waals surface area contributed by atoms with E-state index in [4.69, 9.17) is 10.5 Å². The fourth-order valence-corrected chi connectivity index (χ4v) is 2.16. The average molecular weight is 282 g/mol. The molecule has 19 heavy (non-hydrogen) atoms. The van der Waals surface area contributed by atoms with Crippen LogP contribution >= 0.6 is 11.8 Å². The highest BCUT2D eigenvalue weighted by Gasteiger charge is 2.23. The second-order valence-electron chi connectivity index (χ2n) is 3.65. The average Bonchev–Trinajstić information content (AvgIpc) is 2.40. The van der Waals surface area contributed by atoms with E-state index in [1.807, 2.05) is 25.1 Å². The summed E-state index contributed by atoms with van der Waals surface area (Å²) >= 11 is 1.60. The SMILES string of the molecule is CCOC(=O)C(N)C(=O)Nc1ccccc1SCC. The van der Waals surface area contributed by atoms with E-state index in [0.717, 1.165) is 10.6 Å². The lowest BCUT2D eigenvalue weighted by atomic mass is 10.2. The van der Waals surface area contributed by atoms with Crippen molar-refractivity contribution in [2.75, 3.05) is 17.7 Å². The van der Waals surface area contributed by atoms with E-state index < -0.39 is 17.9 Å². The zero-order valence-corrected chi connectivity index (χ0v) is 11.8. The van der Waals surface area contributed by atoms with Gasteiger partial charge in [-0.1, -0.05) is 19.1 Å². The topological polar surface area (TPSA) is 81.4 Å². The Bertz CT molecular complexity index is 451. The molecule has 0 aliphatic heterocycles. The van der Waals surface area contributed by atoms with Crippen LogP contribution in [0.4, 0.5) is 5.69 Å². The van der Waals surface area contributed by atoms with Crippen molar-refractivity contribution in [3.63, 3.8) is 0 Å². The molecule has 0 aromatic heterocycles. The van der Waals surface area contributed by atoms with E-state index in [1.54, 1.807) is 24.8 Å². The first kappa shape index (κ1) is 15.5. The number of carbonyl (C=O) groups is 2. The van der Waals surface area contributed by atoms with Crippen molar-refractivity contribution in [3.8, 4) is 0 Å². The molecule has 1 amide bonds. The molecular formula is C13H18N2O3S. The Kier molecular flexibility index (Phi) is 6.38. The normalized spacial score (nSPS) is 11.7. The molecule has 104 valence electrons. The van der Waals surface area contributed by atoms with Crippen molar-refractivity contribution >= 4 is 29.3 Å². The molecule has 0 fully saturated rings. The van der Waals surface area contributed by atoms with Gasteiger partial charge in [0.25, 0.3) is 5.91 Å². The second-order valence-corrected chi connectivity index (χ2v) is 4.95. The molecule has 0 saturated heterocycles. The highest BCUT2D eigenvalue weighted by Crippen LogP contribution is 2.26. The number of nitrogens with two attached hydrogens (primary N) is 1. The standard InChI is InChI=1S/C13H18N2O3S/c1-3-18-13(17)11(14)12(16)15-9-7-5-6-8-10(9)19-4-2/h5-8,11H,3-4,14H2,1-2H3,(H,15,16). The lowest BCUT2D eigenvalue weighted by Gasteiger charge is -2.13. The first-order valence-electron chi connectivity index (χ1n) is 6.05. The predicted octanol–water partition coefficient (Wildman–Crippen LogP) is 1.63. The van der Waals surface area contributed by atoms with Gasteiger partial charge in [-0.15, -0.1) is 11.8 Å². The van der Waals surface area contributed by atoms with E-state index in [-0.39, 0.29) is 6.61 Å². The second kappa shape index (κ2) is 7.81. The maximum Gasteiger partial charge on any atom is 0.332 e. The van der Waals surface area contributed by atoms with Crippen LogP contribution in [0.1, 0.15) is 13.8 Å². The fraction of sp³-hybridized carbons (Fsp3) is 0.385. The minimum atomic E-state index is -1.31. The number of benzene rings is 1. The number of rotatable bonds is 6. The molecule has 1 rings (SSSR count). The number of thioether (sulfide) groups is 1. The zero-order valence-electron chi connectivity index (χ0n) is 11.0. The zero-order chi connectivity index (χ0) is 14.3. The van der Waals surface area contributed by atoms with Gasteiger partial charge in [0.15, 0.2) is 6.04 Å². The fourth-order valence-electron chi connectivity index (χ4n) is 1.40. The van der Waals surface area contributed by atoms with Gasteiger partial charge in [0.2, 0.25) is 0 Å². The van der Waals surface area contributed by atoms with Gasteiger partial charge in [-0.3, -0.25) is 4.79 Å². The molecule has 0 bridgehead atoms. The third-order valence-corrected chi connectivity index (χ3v) is 3.22. The van der Waals surface area contributed by atoms with Gasteiger partial charge in [-0.05, 0) is 24.8 Å². The molecule has 0 aliphatic carbocycles. The summed E-state index contributed by atoms with van der Waals surface area (Å²) in [5, 5.41) is 2.65. The van der Waals surface area contributed by atoms with Crippen molar-refractivity contribution in [2.24, 2.45) is 5.73 Å². The molecule has 5 nitrogen and oxygen atoms in total. The van der Waals surface area contributed by atoms with Gasteiger partial charge in [-0.25, -0.2) is 4.79 Å². The van der Waals surface area contributed by atoms with Crippen LogP contribution in [0.25, 0.3) is 0 Å². The molecule has 0 aliphatic rings. The molecule has 0 radical (unpaired) electrons. The maximum atomic E-state index is 11.8. The Labute approximate surface area is 116 Å². The van der Waals surface area contributed by atoms with Crippen LogP contribution in [-0.2, 0) is 14.3 Å². The Morgan fingerprint density at radius 3 is 2.68 bits per heavy atom. The lowest BCUT2D eigenvalue weighted by Crippen LogP contribution is -2.43. The third kappa shape index (κ3) is 4.57. The Balaban J connectivity index is 2.73. The largest absolute Gasteiger partial charge is 0.464 e. The number of nitrogens with one attached hydrogen (secondary N) is 1. The Morgan fingerprint density at radius 2 is 2.05 bits per heavy atom. The number of amides is 1. The number of hydrogen-bond donors (Lipinski definition) is 2. The molecule has 1 atom stereocenters. The van der Waals surface area contributed by atoms with Gasteiger partial charge in [0.1, 0.15) is 0 Å². The van der Waals surface area contributed by atoms with Crippen LogP contribution in [-0.4, -0.2) is 30.3 Å². The van der Waals surface area contributed by atoms with Crippen LogP contribution in [0.5, 0.6) is 0 Å². The maximum absolute atomic E-state index is 11.8. The summed E-state index contributed by atoms with van der Waals surface area (Å²) in [6.45, 7) is 3.88. The Morgan fingerprint density at radius 1 is 1.37 bits per heavy atom. The minimum absolute atomic E-state index is 0.197. The van der Waals surface area contributed by atoms with Crippen molar-refractivity contribution in [1.82, 2.24) is 0 Å². The van der Waals surface area contributed by atoms with E-state index in [9.17, 15) is 9.59 Å². The monoisotopic (exact) mass is 282 g/mol. The summed E-state index contributed by atoms with van der Waals surface area (Å²) in [5.74, 6) is -0.403. The van der Waals surface area contributed by atoms with Crippen LogP contribution in [0, 0.1) is 0 Å². The van der Waals surface area contributed by atoms with E-state index in [1.165, 1.54) is 0 Å². The van der Waals surface area contributed by atoms with E-state index in [2.05, 4.69) is 5.32 Å². The summed E-state index contributed by atoms with van der Waals surface area (Å²) in [6, 6.07) is 6.07. The van der Waals surface area contributed by atoms with Gasteiger partial charge in [0.05, 0.1) is 12.3 Å². The van der Waals surface area contributed by atoms with Gasteiger partial charge >= 0.3 is 5.97 Å². The minimum Gasteiger partial charge on any atom is -0.464 e. The molecule has 0 spiro atoms. The van der Waals surface area contributed by atoms with Crippen molar-refractivity contribution in [2.45, 2.75) is 24.8 Å². The number of hydrogen-bond acceptors (Lipinski definition) is 5. The van der Waals surface area contributed by atoms with Crippen LogP contribution in [0.15, 0.2) is 29.2 Å².